The number of carbonyl (C=O) groups is 4. The Morgan fingerprint density at radius 1 is 0.870 bits per heavy atom. The van der Waals surface area contributed by atoms with Crippen LogP contribution < -0.4 is 10.2 Å². The number of hydrazine groups is 1. The number of phenols is 1. The molecule has 4 amide bonds. The van der Waals surface area contributed by atoms with Gasteiger partial charge in [-0.1, -0.05) is 65.7 Å². The molecule has 2 heterocycles. The van der Waals surface area contributed by atoms with Gasteiger partial charge in [0.25, 0.3) is 11.8 Å². The molecule has 4 aromatic rings. The number of hydrogen-bond acceptors (Lipinski definition) is 7. The molecule has 0 bridgehead atoms. The molecule has 0 aromatic heterocycles. The van der Waals surface area contributed by atoms with Crippen LogP contribution in [0.3, 0.4) is 0 Å². The number of halogens is 5. The van der Waals surface area contributed by atoms with E-state index in [0.717, 1.165) is 40.9 Å². The van der Waals surface area contributed by atoms with Gasteiger partial charge in [-0.25, -0.2) is 4.39 Å². The molecule has 276 valence electrons. The topological polar surface area (TPSA) is 116 Å². The number of hydrogen-bond donors (Lipinski definition) is 2. The van der Waals surface area contributed by atoms with Crippen molar-refractivity contribution in [3.8, 4) is 11.5 Å². The van der Waals surface area contributed by atoms with Crippen molar-refractivity contribution in [2.45, 2.75) is 37.1 Å². The highest BCUT2D eigenvalue weighted by atomic mass is 35.5. The molecule has 1 saturated carbocycles. The summed E-state index contributed by atoms with van der Waals surface area (Å²) in [6.07, 6.45) is -3.43. The van der Waals surface area contributed by atoms with E-state index >= 15 is 4.79 Å². The summed E-state index contributed by atoms with van der Waals surface area (Å²) >= 11 is 6.29. The molecule has 2 saturated heterocycles. The number of ether oxygens (including phenoxy) is 1. The van der Waals surface area contributed by atoms with Crippen LogP contribution in [0.5, 0.6) is 11.5 Å². The molecule has 0 radical (unpaired) electrons. The molecule has 4 aromatic carbocycles. The Hall–Kier alpha value is -5.69. The van der Waals surface area contributed by atoms with E-state index in [1.807, 2.05) is 0 Å². The maximum Gasteiger partial charge on any atom is 0.573 e. The number of likely N-dealkylation sites (tertiary alicyclic amines) is 1. The molecular formula is C40H30ClF4N3O6. The van der Waals surface area contributed by atoms with Gasteiger partial charge in [0, 0.05) is 16.5 Å². The summed E-state index contributed by atoms with van der Waals surface area (Å²) < 4.78 is 58.8. The molecule has 14 heteroatoms. The minimum Gasteiger partial charge on any atom is -0.508 e. The lowest BCUT2D eigenvalue weighted by atomic mass is 9.49. The fraction of sp³-hybridized carbons (Fsp3) is 0.250. The third kappa shape index (κ3) is 5.69. The second kappa shape index (κ2) is 13.0. The summed E-state index contributed by atoms with van der Waals surface area (Å²) in [6.45, 7) is 0.0134. The number of fused-ring (bicyclic) bond motifs is 4. The molecule has 2 N–H and O–H groups in total. The Labute approximate surface area is 310 Å². The average molecular weight is 760 g/mol. The van der Waals surface area contributed by atoms with E-state index < -0.39 is 82.3 Å². The number of amides is 4. The fourth-order valence-electron chi connectivity index (χ4n) is 8.95. The SMILES string of the molecule is O=C1[C@H]2[C@H](CC=C3[C@H]2C[C@H]2C(=O)N(Nc4ccc(F)cc4)C(=O)[C@@]2(c2ccc(Cl)cc2)[C@H]3c2cc(OC(F)(F)F)ccc2O)C(=O)N1Cc1ccccc1. The highest BCUT2D eigenvalue weighted by molar-refractivity contribution is 6.30. The van der Waals surface area contributed by atoms with E-state index in [-0.39, 0.29) is 36.2 Å². The quantitative estimate of drug-likeness (QED) is 0.116. The number of alkyl halides is 3. The van der Waals surface area contributed by atoms with Crippen LogP contribution in [0.1, 0.15) is 35.4 Å². The van der Waals surface area contributed by atoms with Gasteiger partial charge in [0.2, 0.25) is 11.8 Å². The van der Waals surface area contributed by atoms with E-state index in [9.17, 15) is 37.1 Å². The second-order valence-electron chi connectivity index (χ2n) is 13.9. The van der Waals surface area contributed by atoms with Crippen molar-refractivity contribution in [2.75, 3.05) is 5.43 Å². The highest BCUT2D eigenvalue weighted by Gasteiger charge is 2.70. The Morgan fingerprint density at radius 2 is 1.57 bits per heavy atom. The van der Waals surface area contributed by atoms with Crippen LogP contribution in [0.25, 0.3) is 0 Å². The monoisotopic (exact) mass is 759 g/mol. The van der Waals surface area contributed by atoms with Crippen molar-refractivity contribution in [1.29, 1.82) is 0 Å². The van der Waals surface area contributed by atoms with Gasteiger partial charge in [-0.3, -0.25) is 29.5 Å². The van der Waals surface area contributed by atoms with E-state index in [2.05, 4.69) is 10.2 Å². The number of nitrogens with zero attached hydrogens (tertiary/aromatic N) is 2. The molecule has 2 aliphatic heterocycles. The molecule has 8 rings (SSSR count). The van der Waals surface area contributed by atoms with Crippen LogP contribution in [0.2, 0.25) is 5.02 Å². The van der Waals surface area contributed by atoms with Gasteiger partial charge in [0.15, 0.2) is 0 Å². The molecule has 2 aliphatic carbocycles. The molecule has 0 spiro atoms. The molecule has 6 atom stereocenters. The summed E-state index contributed by atoms with van der Waals surface area (Å²) in [4.78, 5) is 59.4. The predicted octanol–water partition coefficient (Wildman–Crippen LogP) is 7.27. The van der Waals surface area contributed by atoms with Gasteiger partial charge in [-0.15, -0.1) is 13.2 Å². The Morgan fingerprint density at radius 3 is 2.26 bits per heavy atom. The van der Waals surface area contributed by atoms with Crippen LogP contribution in [0.4, 0.5) is 23.2 Å². The summed E-state index contributed by atoms with van der Waals surface area (Å²) in [6, 6.07) is 22.9. The minimum atomic E-state index is -5.11. The first-order chi connectivity index (χ1) is 25.8. The first-order valence-corrected chi connectivity index (χ1v) is 17.5. The van der Waals surface area contributed by atoms with Gasteiger partial charge in [0.05, 0.1) is 35.4 Å². The van der Waals surface area contributed by atoms with Crippen molar-refractivity contribution in [3.63, 3.8) is 0 Å². The first-order valence-electron chi connectivity index (χ1n) is 17.1. The third-order valence-electron chi connectivity index (χ3n) is 11.1. The van der Waals surface area contributed by atoms with Crippen LogP contribution in [-0.4, -0.2) is 45.0 Å². The second-order valence-corrected chi connectivity index (χ2v) is 14.3. The van der Waals surface area contributed by atoms with Crippen LogP contribution in [0.15, 0.2) is 109 Å². The van der Waals surface area contributed by atoms with E-state index in [4.69, 9.17) is 11.6 Å². The zero-order valence-corrected chi connectivity index (χ0v) is 28.9. The van der Waals surface area contributed by atoms with Crippen molar-refractivity contribution in [3.05, 3.63) is 136 Å². The number of aromatic hydroxyl groups is 1. The lowest BCUT2D eigenvalue weighted by Gasteiger charge is -2.50. The zero-order valence-electron chi connectivity index (χ0n) is 28.1. The van der Waals surface area contributed by atoms with Crippen LogP contribution >= 0.6 is 11.6 Å². The van der Waals surface area contributed by atoms with Gasteiger partial charge in [-0.2, -0.15) is 5.01 Å². The minimum absolute atomic E-state index is 0.0134. The van der Waals surface area contributed by atoms with Gasteiger partial charge < -0.3 is 9.84 Å². The molecule has 9 nitrogen and oxygen atoms in total. The van der Waals surface area contributed by atoms with Crippen molar-refractivity contribution < 1.29 is 46.6 Å². The number of nitrogens with one attached hydrogen (secondary N) is 1. The molecular weight excluding hydrogens is 730 g/mol. The number of anilines is 1. The number of imide groups is 2. The Kier molecular flexibility index (Phi) is 8.52. The standard InChI is InChI=1S/C40H30ClF4N3O6/c41-23-8-6-22(7-9-23)39-31(36(51)48(38(39)53)46-25-12-10-24(42)11-13-25)19-29-27(34(39)30-18-26(14-17-32(30)49)54-40(43,44)45)15-16-28-33(29)37(52)47(35(28)50)20-21-4-2-1-3-5-21/h1-15,17-18,28-29,31,33-34,46,49H,16,19-20H2/t28-,29+,31-,33-,34+,39+/m0/s1. The van der Waals surface area contributed by atoms with Crippen LogP contribution in [-0.2, 0) is 31.1 Å². The zero-order chi connectivity index (χ0) is 38.1. The first kappa shape index (κ1) is 35.3. The predicted molar refractivity (Wildman–Crippen MR) is 186 cm³/mol. The smallest absolute Gasteiger partial charge is 0.508 e. The Balaban J connectivity index is 1.33. The fourth-order valence-corrected chi connectivity index (χ4v) is 9.07. The number of rotatable bonds is 7. The summed E-state index contributed by atoms with van der Waals surface area (Å²) in [7, 11) is 0. The van der Waals surface area contributed by atoms with Crippen molar-refractivity contribution in [2.24, 2.45) is 23.7 Å². The maximum atomic E-state index is 15.2. The van der Waals surface area contributed by atoms with Gasteiger partial charge in [0.1, 0.15) is 17.3 Å². The summed E-state index contributed by atoms with van der Waals surface area (Å²) in [5.41, 5.74) is 2.30. The van der Waals surface area contributed by atoms with Crippen molar-refractivity contribution >= 4 is 40.9 Å². The lowest BCUT2D eigenvalue weighted by molar-refractivity contribution is -0.274. The molecule has 3 fully saturated rings. The van der Waals surface area contributed by atoms with Gasteiger partial charge >= 0.3 is 6.36 Å². The van der Waals surface area contributed by atoms with E-state index in [1.165, 1.54) is 29.2 Å². The van der Waals surface area contributed by atoms with E-state index in [0.29, 0.717) is 10.6 Å². The number of allylic oxidation sites excluding steroid dienone is 2. The van der Waals surface area contributed by atoms with Crippen LogP contribution in [0, 0.1) is 29.5 Å². The van der Waals surface area contributed by atoms with Gasteiger partial charge in [-0.05, 0) is 84.5 Å². The Bertz CT molecular complexity index is 2220. The largest absolute Gasteiger partial charge is 0.573 e. The summed E-state index contributed by atoms with van der Waals surface area (Å²) in [5.74, 6) is -9.38. The number of carbonyl (C=O) groups excluding carboxylic acids is 4. The third-order valence-corrected chi connectivity index (χ3v) is 11.3. The average Bonchev–Trinajstić information content (AvgIpc) is 3.50. The number of phenolic OH excluding ortho intramolecular Hbond substituents is 1. The molecule has 0 unspecified atom stereocenters. The van der Waals surface area contributed by atoms with Crippen molar-refractivity contribution in [1.82, 2.24) is 9.91 Å². The maximum absolute atomic E-state index is 15.2. The highest BCUT2D eigenvalue weighted by Crippen LogP contribution is 2.65. The molecule has 4 aliphatic rings. The normalized spacial score (nSPS) is 26.3. The van der Waals surface area contributed by atoms with E-state index in [1.54, 1.807) is 48.5 Å². The number of benzene rings is 4. The molecule has 54 heavy (non-hydrogen) atoms. The summed E-state index contributed by atoms with van der Waals surface area (Å²) in [5, 5.41) is 12.6. The lowest BCUT2D eigenvalue weighted by Crippen LogP contribution is -2.53.